The molecule has 0 unspecified atom stereocenters. The monoisotopic (exact) mass is 335 g/mol. The van der Waals surface area contributed by atoms with Crippen LogP contribution >= 0.6 is 39.0 Å². The average Bonchev–Trinajstić information content (AvgIpc) is 2.65. The Balaban J connectivity index is 2.46. The van der Waals surface area contributed by atoms with E-state index in [2.05, 4.69) is 54.3 Å². The molecule has 0 aliphatic rings. The molecular weight excluding hydrogens is 314 g/mol. The van der Waals surface area contributed by atoms with Crippen LogP contribution in [0.5, 0.6) is 0 Å². The summed E-state index contributed by atoms with van der Waals surface area (Å²) in [5.74, 6) is 0. The van der Waals surface area contributed by atoms with E-state index in [4.69, 9.17) is 0 Å². The number of halogens is 1. The Morgan fingerprint density at radius 3 is 2.47 bits per heavy atom. The smallest absolute Gasteiger partial charge is 0.0314 e. The summed E-state index contributed by atoms with van der Waals surface area (Å²) in [7, 11) is 0. The van der Waals surface area contributed by atoms with E-state index in [1.54, 1.807) is 0 Å². The molecule has 1 heterocycles. The van der Waals surface area contributed by atoms with Crippen molar-refractivity contribution in [2.24, 2.45) is 0 Å². The lowest BCUT2D eigenvalue weighted by Crippen LogP contribution is -2.36. The number of hydrogen-bond acceptors (Lipinski definition) is 3. The predicted octanol–water partition coefficient (Wildman–Crippen LogP) is 4.83. The van der Waals surface area contributed by atoms with Gasteiger partial charge in [-0.2, -0.15) is 11.8 Å². The molecule has 0 aliphatic carbocycles. The lowest BCUT2D eigenvalue weighted by molar-refractivity contribution is 0.496. The Morgan fingerprint density at radius 1 is 1.41 bits per heavy atom. The Kier molecular flexibility index (Phi) is 6.56. The van der Waals surface area contributed by atoms with Crippen molar-refractivity contribution in [3.05, 3.63) is 20.3 Å². The zero-order chi connectivity index (χ0) is 12.9. The predicted molar refractivity (Wildman–Crippen MR) is 85.3 cm³/mol. The molecule has 0 bridgehead atoms. The van der Waals surface area contributed by atoms with Crippen molar-refractivity contribution < 1.29 is 0 Å². The fourth-order valence-electron chi connectivity index (χ4n) is 1.88. The van der Waals surface area contributed by atoms with E-state index in [1.807, 2.05) is 23.1 Å². The molecule has 98 valence electrons. The normalized spacial score (nSPS) is 12.1. The van der Waals surface area contributed by atoms with Gasteiger partial charge in [-0.3, -0.25) is 0 Å². The van der Waals surface area contributed by atoms with E-state index in [0.29, 0.717) is 4.75 Å². The highest BCUT2D eigenvalue weighted by atomic mass is 79.9. The molecule has 17 heavy (non-hydrogen) atoms. The molecule has 0 saturated heterocycles. The number of rotatable bonds is 7. The van der Waals surface area contributed by atoms with Gasteiger partial charge in [-0.25, -0.2) is 0 Å². The molecule has 0 amide bonds. The molecule has 1 aromatic heterocycles. The molecule has 0 aliphatic heterocycles. The maximum atomic E-state index is 3.60. The van der Waals surface area contributed by atoms with Crippen LogP contribution in [0.15, 0.2) is 10.5 Å². The molecule has 0 aromatic carbocycles. The van der Waals surface area contributed by atoms with Crippen LogP contribution in [-0.2, 0) is 6.54 Å². The first-order valence-corrected chi connectivity index (χ1v) is 8.91. The summed E-state index contributed by atoms with van der Waals surface area (Å²) in [5.41, 5.74) is 0. The molecule has 0 saturated carbocycles. The van der Waals surface area contributed by atoms with Crippen LogP contribution in [0.3, 0.4) is 0 Å². The summed E-state index contributed by atoms with van der Waals surface area (Å²) < 4.78 is 1.64. The highest BCUT2D eigenvalue weighted by Crippen LogP contribution is 2.30. The summed E-state index contributed by atoms with van der Waals surface area (Å²) in [6.07, 6.45) is 4.68. The highest BCUT2D eigenvalue weighted by molar-refractivity contribution is 9.10. The van der Waals surface area contributed by atoms with Crippen molar-refractivity contribution in [2.75, 3.05) is 12.8 Å². The average molecular weight is 336 g/mol. The largest absolute Gasteiger partial charge is 0.310 e. The molecule has 0 spiro atoms. The lowest BCUT2D eigenvalue weighted by atomic mass is 10.0. The maximum absolute atomic E-state index is 3.60. The molecule has 0 radical (unpaired) electrons. The van der Waals surface area contributed by atoms with Crippen LogP contribution < -0.4 is 5.32 Å². The third-order valence-corrected chi connectivity index (χ3v) is 7.10. The van der Waals surface area contributed by atoms with Gasteiger partial charge in [0.1, 0.15) is 0 Å². The van der Waals surface area contributed by atoms with Crippen molar-refractivity contribution in [3.63, 3.8) is 0 Å². The second kappa shape index (κ2) is 7.17. The van der Waals surface area contributed by atoms with E-state index in [9.17, 15) is 0 Å². The first-order valence-electron chi connectivity index (χ1n) is 6.07. The van der Waals surface area contributed by atoms with Gasteiger partial charge in [0.05, 0.1) is 0 Å². The van der Waals surface area contributed by atoms with Crippen molar-refractivity contribution in [1.29, 1.82) is 0 Å². The fraction of sp³-hybridized carbons (Fsp3) is 0.692. The third kappa shape index (κ3) is 4.27. The molecule has 1 nitrogen and oxygen atoms in total. The molecule has 0 fully saturated rings. The number of thiophene rings is 1. The second-order valence-electron chi connectivity index (χ2n) is 4.31. The topological polar surface area (TPSA) is 12.0 Å². The SMILES string of the molecule is CCC(CC)(CNCc1cc(Br)c(C)s1)SC. The van der Waals surface area contributed by atoms with E-state index < -0.39 is 0 Å². The second-order valence-corrected chi connectivity index (χ2v) is 7.78. The number of thioether (sulfide) groups is 1. The molecule has 4 heteroatoms. The number of aryl methyl sites for hydroxylation is 1. The standard InChI is InChI=1S/C13H22BrNS2/c1-5-13(6-2,16-4)9-15-8-11-7-12(14)10(3)17-11/h7,15H,5-6,8-9H2,1-4H3. The van der Waals surface area contributed by atoms with Gasteiger partial charge in [-0.15, -0.1) is 11.3 Å². The van der Waals surface area contributed by atoms with Gasteiger partial charge in [-0.05, 0) is 48.0 Å². The van der Waals surface area contributed by atoms with Crippen LogP contribution in [0.2, 0.25) is 0 Å². The van der Waals surface area contributed by atoms with E-state index >= 15 is 0 Å². The van der Waals surface area contributed by atoms with Crippen LogP contribution in [0.1, 0.15) is 36.4 Å². The Labute approximate surface area is 122 Å². The quantitative estimate of drug-likeness (QED) is 0.765. The van der Waals surface area contributed by atoms with E-state index in [1.165, 1.54) is 27.1 Å². The number of nitrogens with one attached hydrogen (secondary N) is 1. The Bertz CT molecular complexity index is 317. The summed E-state index contributed by atoms with van der Waals surface area (Å²) in [6, 6.07) is 2.23. The molecule has 1 aromatic rings. The Morgan fingerprint density at radius 2 is 2.06 bits per heavy atom. The Hall–Kier alpha value is 0.490. The van der Waals surface area contributed by atoms with Gasteiger partial charge in [-0.1, -0.05) is 13.8 Å². The van der Waals surface area contributed by atoms with Gasteiger partial charge in [0.2, 0.25) is 0 Å². The van der Waals surface area contributed by atoms with Crippen LogP contribution in [0.4, 0.5) is 0 Å². The fourth-order valence-corrected chi connectivity index (χ4v) is 4.27. The summed E-state index contributed by atoms with van der Waals surface area (Å²) in [5, 5.41) is 3.60. The van der Waals surface area contributed by atoms with Gasteiger partial charge in [0, 0.05) is 32.1 Å². The summed E-state index contributed by atoms with van der Waals surface area (Å²) >= 11 is 7.43. The minimum absolute atomic E-state index is 0.406. The maximum Gasteiger partial charge on any atom is 0.0314 e. The van der Waals surface area contributed by atoms with Crippen molar-refractivity contribution in [3.8, 4) is 0 Å². The van der Waals surface area contributed by atoms with Crippen LogP contribution in [-0.4, -0.2) is 17.5 Å². The minimum Gasteiger partial charge on any atom is -0.310 e. The minimum atomic E-state index is 0.406. The first-order chi connectivity index (χ1) is 8.06. The molecule has 1 rings (SSSR count). The molecule has 1 N–H and O–H groups in total. The summed E-state index contributed by atoms with van der Waals surface area (Å²) in [6.45, 7) is 8.80. The van der Waals surface area contributed by atoms with Crippen molar-refractivity contribution in [1.82, 2.24) is 5.32 Å². The third-order valence-electron chi connectivity index (χ3n) is 3.38. The zero-order valence-corrected chi connectivity index (χ0v) is 14.3. The molecule has 0 atom stereocenters. The van der Waals surface area contributed by atoms with Gasteiger partial charge in [0.25, 0.3) is 0 Å². The molecular formula is C13H22BrNS2. The van der Waals surface area contributed by atoms with E-state index in [-0.39, 0.29) is 0 Å². The van der Waals surface area contributed by atoms with Crippen LogP contribution in [0.25, 0.3) is 0 Å². The highest BCUT2D eigenvalue weighted by Gasteiger charge is 2.24. The van der Waals surface area contributed by atoms with Crippen molar-refractivity contribution >= 4 is 39.0 Å². The van der Waals surface area contributed by atoms with E-state index in [0.717, 1.165) is 13.1 Å². The van der Waals surface area contributed by atoms with Gasteiger partial charge in [0.15, 0.2) is 0 Å². The number of hydrogen-bond donors (Lipinski definition) is 1. The summed E-state index contributed by atoms with van der Waals surface area (Å²) in [4.78, 5) is 2.78. The van der Waals surface area contributed by atoms with Crippen LogP contribution in [0, 0.1) is 6.92 Å². The lowest BCUT2D eigenvalue weighted by Gasteiger charge is -2.29. The first kappa shape index (κ1) is 15.5. The van der Waals surface area contributed by atoms with Crippen molar-refractivity contribution in [2.45, 2.75) is 44.9 Å². The van der Waals surface area contributed by atoms with Gasteiger partial charge >= 0.3 is 0 Å². The van der Waals surface area contributed by atoms with Gasteiger partial charge < -0.3 is 5.32 Å². The zero-order valence-electron chi connectivity index (χ0n) is 11.1.